The molecule has 0 heterocycles. The molecule has 0 spiro atoms. The Kier molecular flexibility index (Phi) is 3.16. The van der Waals surface area contributed by atoms with Crippen LogP contribution in [-0.2, 0) is 4.74 Å². The van der Waals surface area contributed by atoms with Gasteiger partial charge in [-0.1, -0.05) is 15.8 Å². The van der Waals surface area contributed by atoms with Crippen LogP contribution in [-0.4, -0.2) is 19.3 Å². The maximum atomic E-state index is 5.40. The molecule has 1 N–H and O–H groups in total. The largest absolute Gasteiger partial charge is 0.384 e. The third-order valence-electron chi connectivity index (χ3n) is 4.39. The van der Waals surface area contributed by atoms with E-state index in [0.717, 1.165) is 6.61 Å². The molecule has 3 rings (SSSR count). The quantitative estimate of drug-likeness (QED) is 0.730. The van der Waals surface area contributed by atoms with E-state index in [9.17, 15) is 0 Å². The van der Waals surface area contributed by atoms with Gasteiger partial charge in [-0.25, -0.2) is 0 Å². The number of hydrogen-bond acceptors (Lipinski definition) is 2. The molecule has 2 bridgehead atoms. The summed E-state index contributed by atoms with van der Waals surface area (Å²) in [5, 5.41) is 3.48. The molecule has 0 aromatic carbocycles. The zero-order valence-electron chi connectivity index (χ0n) is 9.14. The average molecular weight is 215 g/mol. The number of ether oxygens (including phenoxy) is 1. The Hall–Kier alpha value is 0.350. The fourth-order valence-corrected chi connectivity index (χ4v) is 3.73. The van der Waals surface area contributed by atoms with Crippen molar-refractivity contribution in [1.29, 1.82) is 0 Å². The molecule has 0 aliphatic heterocycles. The van der Waals surface area contributed by atoms with Crippen molar-refractivity contribution in [2.45, 2.75) is 50.5 Å². The lowest BCUT2D eigenvalue weighted by atomic mass is 9.69. The first-order valence-corrected chi connectivity index (χ1v) is 6.29. The van der Waals surface area contributed by atoms with Crippen LogP contribution in [0.4, 0.5) is 0 Å². The zero-order valence-corrected chi connectivity index (χ0v) is 10.3. The van der Waals surface area contributed by atoms with E-state index in [2.05, 4.69) is 14.5 Å². The lowest BCUT2D eigenvalue weighted by molar-refractivity contribution is 0.0373. The van der Waals surface area contributed by atoms with Gasteiger partial charge in [0.1, 0.15) is 0 Å². The van der Waals surface area contributed by atoms with E-state index in [1.54, 1.807) is 0 Å². The number of nitrogens with one attached hydrogen (secondary N) is 1. The van der Waals surface area contributed by atoms with Crippen LogP contribution in [0, 0.1) is 5.41 Å². The molecule has 3 aliphatic carbocycles. The van der Waals surface area contributed by atoms with Gasteiger partial charge in [-0.05, 0) is 43.9 Å². The molecule has 3 aliphatic rings. The summed E-state index contributed by atoms with van der Waals surface area (Å²) in [4.78, 5) is 0. The summed E-state index contributed by atoms with van der Waals surface area (Å²) in [5.41, 5.74) is 0.967. The fourth-order valence-electron chi connectivity index (χ4n) is 3.30. The highest BCUT2D eigenvalue weighted by Crippen LogP contribution is 2.50. The molecule has 0 aromatic rings. The summed E-state index contributed by atoms with van der Waals surface area (Å²) >= 11 is 0. The van der Waals surface area contributed by atoms with E-state index in [-0.39, 0.29) is 0 Å². The minimum atomic E-state index is 0.443. The molecule has 2 nitrogen and oxygen atoms in total. The van der Waals surface area contributed by atoms with Crippen molar-refractivity contribution in [3.05, 3.63) is 0 Å². The summed E-state index contributed by atoms with van der Waals surface area (Å²) in [6.45, 7) is 0.972. The Morgan fingerprint density at radius 1 is 1.14 bits per heavy atom. The Bertz CT molecular complexity index is 199. The highest BCUT2D eigenvalue weighted by Gasteiger charge is 2.44. The van der Waals surface area contributed by atoms with Crippen LogP contribution in [0.1, 0.15) is 44.9 Å². The number of rotatable bonds is 3. The molecule has 3 fully saturated rings. The van der Waals surface area contributed by atoms with Crippen LogP contribution in [0.5, 0.6) is 0 Å². The van der Waals surface area contributed by atoms with Gasteiger partial charge in [0.05, 0.1) is 6.61 Å². The predicted molar refractivity (Wildman–Crippen MR) is 62.2 cm³/mol. The van der Waals surface area contributed by atoms with E-state index in [1.165, 1.54) is 44.9 Å². The third-order valence-corrected chi connectivity index (χ3v) is 5.00. The fraction of sp³-hybridized carbons (Fsp3) is 1.00. The van der Waals surface area contributed by atoms with Crippen molar-refractivity contribution in [3.8, 4) is 0 Å². The molecular weight excluding hydrogens is 193 g/mol. The SMILES string of the molecule is COCC12CCCC(NP)(CC1)CC2. The van der Waals surface area contributed by atoms with Crippen molar-refractivity contribution in [3.63, 3.8) is 0 Å². The van der Waals surface area contributed by atoms with Crippen molar-refractivity contribution in [2.75, 3.05) is 13.7 Å². The summed E-state index contributed by atoms with van der Waals surface area (Å²) < 4.78 is 5.40. The number of hydrogen-bond donors (Lipinski definition) is 1. The van der Waals surface area contributed by atoms with Gasteiger partial charge in [-0.2, -0.15) is 0 Å². The lowest BCUT2D eigenvalue weighted by Gasteiger charge is -2.42. The molecule has 14 heavy (non-hydrogen) atoms. The van der Waals surface area contributed by atoms with E-state index in [0.29, 0.717) is 11.0 Å². The first-order valence-electron chi connectivity index (χ1n) is 5.71. The smallest absolute Gasteiger partial charge is 0.0518 e. The second kappa shape index (κ2) is 4.08. The second-order valence-corrected chi connectivity index (χ2v) is 5.50. The molecular formula is C11H22NOP. The van der Waals surface area contributed by atoms with Crippen molar-refractivity contribution < 1.29 is 4.74 Å². The number of fused-ring (bicyclic) bond motifs is 4. The minimum absolute atomic E-state index is 0.443. The Morgan fingerprint density at radius 2 is 1.86 bits per heavy atom. The standard InChI is InChI=1S/C11H22NOP/c1-13-9-10-3-2-4-11(12-14,7-5-10)8-6-10/h12H,2-9,14H2,1H3. The highest BCUT2D eigenvalue weighted by atomic mass is 31.0. The van der Waals surface area contributed by atoms with E-state index < -0.39 is 0 Å². The van der Waals surface area contributed by atoms with Gasteiger partial charge in [0.2, 0.25) is 0 Å². The zero-order chi connectivity index (χ0) is 10.1. The summed E-state index contributed by atoms with van der Waals surface area (Å²) in [7, 11) is 4.57. The van der Waals surface area contributed by atoms with Gasteiger partial charge < -0.3 is 4.74 Å². The molecule has 0 saturated heterocycles. The van der Waals surface area contributed by atoms with Gasteiger partial charge in [0, 0.05) is 12.6 Å². The maximum Gasteiger partial charge on any atom is 0.0518 e. The molecule has 3 saturated carbocycles. The molecule has 0 amide bonds. The van der Waals surface area contributed by atoms with E-state index in [1.807, 2.05) is 7.11 Å². The molecule has 1 atom stereocenters. The molecule has 1 unspecified atom stereocenters. The van der Waals surface area contributed by atoms with Gasteiger partial charge >= 0.3 is 0 Å². The first kappa shape index (κ1) is 10.9. The van der Waals surface area contributed by atoms with Crippen LogP contribution in [0.2, 0.25) is 0 Å². The van der Waals surface area contributed by atoms with Crippen LogP contribution in [0.3, 0.4) is 0 Å². The van der Waals surface area contributed by atoms with Gasteiger partial charge in [0.25, 0.3) is 0 Å². The van der Waals surface area contributed by atoms with Crippen LogP contribution in [0.15, 0.2) is 0 Å². The average Bonchev–Trinajstić information content (AvgIpc) is 2.49. The Balaban J connectivity index is 2.08. The van der Waals surface area contributed by atoms with Crippen molar-refractivity contribution in [1.82, 2.24) is 5.09 Å². The van der Waals surface area contributed by atoms with Gasteiger partial charge in [-0.15, -0.1) is 0 Å². The van der Waals surface area contributed by atoms with Crippen LogP contribution < -0.4 is 5.09 Å². The minimum Gasteiger partial charge on any atom is -0.384 e. The summed E-state index contributed by atoms with van der Waals surface area (Å²) in [5.74, 6) is 0. The molecule has 0 radical (unpaired) electrons. The summed E-state index contributed by atoms with van der Waals surface area (Å²) in [6.07, 6.45) is 9.45. The Labute approximate surface area is 89.4 Å². The van der Waals surface area contributed by atoms with E-state index in [4.69, 9.17) is 4.74 Å². The molecule has 3 heteroatoms. The lowest BCUT2D eigenvalue weighted by Crippen LogP contribution is -2.44. The van der Waals surface area contributed by atoms with Crippen LogP contribution in [0.25, 0.3) is 0 Å². The highest BCUT2D eigenvalue weighted by molar-refractivity contribution is 7.13. The first-order chi connectivity index (χ1) is 6.74. The second-order valence-electron chi connectivity index (χ2n) is 5.21. The van der Waals surface area contributed by atoms with Gasteiger partial charge in [0.15, 0.2) is 0 Å². The van der Waals surface area contributed by atoms with Gasteiger partial charge in [-0.3, -0.25) is 5.09 Å². The topological polar surface area (TPSA) is 21.3 Å². The third kappa shape index (κ3) is 1.85. The number of methoxy groups -OCH3 is 1. The Morgan fingerprint density at radius 3 is 2.43 bits per heavy atom. The van der Waals surface area contributed by atoms with Crippen molar-refractivity contribution >= 4 is 9.39 Å². The predicted octanol–water partition coefficient (Wildman–Crippen LogP) is 2.50. The summed E-state index contributed by atoms with van der Waals surface area (Å²) in [6, 6.07) is 0. The maximum absolute atomic E-state index is 5.40. The van der Waals surface area contributed by atoms with Crippen LogP contribution >= 0.6 is 9.39 Å². The normalized spacial score (nSPS) is 42.4. The van der Waals surface area contributed by atoms with E-state index >= 15 is 0 Å². The van der Waals surface area contributed by atoms with Crippen molar-refractivity contribution in [2.24, 2.45) is 5.41 Å². The molecule has 82 valence electrons. The monoisotopic (exact) mass is 215 g/mol. The molecule has 0 aromatic heterocycles.